The lowest BCUT2D eigenvalue weighted by atomic mass is 9.97. The zero-order valence-electron chi connectivity index (χ0n) is 13.6. The van der Waals surface area contributed by atoms with E-state index in [1.54, 1.807) is 17.1 Å². The predicted molar refractivity (Wildman–Crippen MR) is 89.5 cm³/mol. The highest BCUT2D eigenvalue weighted by atomic mass is 16.2. The van der Waals surface area contributed by atoms with Gasteiger partial charge in [0.25, 0.3) is 0 Å². The topological polar surface area (TPSA) is 63.1 Å². The van der Waals surface area contributed by atoms with Gasteiger partial charge in [-0.25, -0.2) is 9.48 Å². The molecule has 0 spiro atoms. The third kappa shape index (κ3) is 3.88. The molecule has 0 saturated carbocycles. The molecule has 1 fully saturated rings. The molecule has 1 aromatic heterocycles. The predicted octanol–water partition coefficient (Wildman–Crippen LogP) is 3.17. The van der Waals surface area contributed by atoms with Crippen LogP contribution in [0.2, 0.25) is 0 Å². The summed E-state index contributed by atoms with van der Waals surface area (Å²) in [6, 6.07) is 7.59. The van der Waals surface area contributed by atoms with E-state index in [0.29, 0.717) is 11.8 Å². The molecule has 6 nitrogen and oxygen atoms in total. The van der Waals surface area contributed by atoms with Crippen molar-refractivity contribution in [3.8, 4) is 5.69 Å². The summed E-state index contributed by atoms with van der Waals surface area (Å²) in [6.45, 7) is 6.18. The van der Waals surface area contributed by atoms with E-state index in [1.165, 1.54) is 6.42 Å². The maximum absolute atomic E-state index is 12.3. The Morgan fingerprint density at radius 3 is 2.78 bits per heavy atom. The highest BCUT2D eigenvalue weighted by Gasteiger charge is 2.26. The van der Waals surface area contributed by atoms with E-state index in [9.17, 15) is 4.79 Å². The van der Waals surface area contributed by atoms with Gasteiger partial charge in [0.2, 0.25) is 0 Å². The van der Waals surface area contributed by atoms with Gasteiger partial charge in [-0.15, -0.1) is 5.10 Å². The smallest absolute Gasteiger partial charge is 0.321 e. The molecule has 1 atom stereocenters. The second-order valence-corrected chi connectivity index (χ2v) is 6.55. The first-order valence-corrected chi connectivity index (χ1v) is 8.14. The molecule has 23 heavy (non-hydrogen) atoms. The van der Waals surface area contributed by atoms with E-state index in [2.05, 4.69) is 29.5 Å². The number of anilines is 1. The van der Waals surface area contributed by atoms with E-state index in [1.807, 2.05) is 29.2 Å². The number of nitrogens with zero attached hydrogens (tertiary/aromatic N) is 4. The van der Waals surface area contributed by atoms with Gasteiger partial charge >= 0.3 is 6.03 Å². The van der Waals surface area contributed by atoms with Gasteiger partial charge in [-0.3, -0.25) is 0 Å². The summed E-state index contributed by atoms with van der Waals surface area (Å²) < 4.78 is 1.68. The minimum absolute atomic E-state index is 0.00948. The first kappa shape index (κ1) is 15.5. The fourth-order valence-corrected chi connectivity index (χ4v) is 3.12. The maximum Gasteiger partial charge on any atom is 0.321 e. The van der Waals surface area contributed by atoms with Crippen LogP contribution in [0.4, 0.5) is 10.5 Å². The van der Waals surface area contributed by atoms with Gasteiger partial charge in [0, 0.05) is 18.8 Å². The summed E-state index contributed by atoms with van der Waals surface area (Å²) in [7, 11) is 0. The average Bonchev–Trinajstić information content (AvgIpc) is 3.19. The van der Waals surface area contributed by atoms with Gasteiger partial charge in [0.1, 0.15) is 0 Å². The van der Waals surface area contributed by atoms with Crippen molar-refractivity contribution in [1.29, 1.82) is 0 Å². The fourth-order valence-electron chi connectivity index (χ4n) is 3.12. The van der Waals surface area contributed by atoms with E-state index in [-0.39, 0.29) is 6.03 Å². The molecular weight excluding hydrogens is 290 g/mol. The molecule has 1 N–H and O–H groups in total. The summed E-state index contributed by atoms with van der Waals surface area (Å²) in [5, 5.41) is 10.7. The number of carbonyl (C=O) groups is 1. The fraction of sp³-hybridized carbons (Fsp3) is 0.471. The summed E-state index contributed by atoms with van der Waals surface area (Å²) >= 11 is 0. The third-order valence-electron chi connectivity index (χ3n) is 4.18. The van der Waals surface area contributed by atoms with Crippen LogP contribution in [-0.4, -0.2) is 39.0 Å². The standard InChI is InChI=1S/C17H23N5O/c1-13(2)11-14-7-9-21(12-14)17(23)19-15-3-5-16(6-4-15)22-10-8-18-20-22/h3-6,8,10,13-14H,7,9,11-12H2,1-2H3,(H,19,23). The quantitative estimate of drug-likeness (QED) is 0.943. The number of rotatable bonds is 4. The summed E-state index contributed by atoms with van der Waals surface area (Å²) in [5.74, 6) is 1.32. The number of hydrogen-bond acceptors (Lipinski definition) is 3. The Balaban J connectivity index is 1.56. The first-order valence-electron chi connectivity index (χ1n) is 8.14. The molecule has 1 aliphatic rings. The third-order valence-corrected chi connectivity index (χ3v) is 4.18. The van der Waals surface area contributed by atoms with E-state index in [4.69, 9.17) is 0 Å². The second kappa shape index (κ2) is 6.81. The van der Waals surface area contributed by atoms with Crippen molar-refractivity contribution in [1.82, 2.24) is 19.9 Å². The van der Waals surface area contributed by atoms with Gasteiger partial charge in [0.15, 0.2) is 0 Å². The van der Waals surface area contributed by atoms with Crippen molar-refractivity contribution in [3.05, 3.63) is 36.7 Å². The Bertz CT molecular complexity index is 636. The number of hydrogen-bond donors (Lipinski definition) is 1. The van der Waals surface area contributed by atoms with Crippen molar-refractivity contribution in [2.45, 2.75) is 26.7 Å². The summed E-state index contributed by atoms with van der Waals surface area (Å²) in [4.78, 5) is 14.3. The maximum atomic E-state index is 12.3. The molecule has 6 heteroatoms. The van der Waals surface area contributed by atoms with Crippen LogP contribution in [0.1, 0.15) is 26.7 Å². The van der Waals surface area contributed by atoms with Crippen LogP contribution in [0.25, 0.3) is 5.69 Å². The lowest BCUT2D eigenvalue weighted by Crippen LogP contribution is -2.33. The Morgan fingerprint density at radius 2 is 2.13 bits per heavy atom. The lowest BCUT2D eigenvalue weighted by molar-refractivity contribution is 0.220. The second-order valence-electron chi connectivity index (χ2n) is 6.55. The molecule has 0 radical (unpaired) electrons. The number of likely N-dealkylation sites (tertiary alicyclic amines) is 1. The van der Waals surface area contributed by atoms with Gasteiger partial charge < -0.3 is 10.2 Å². The molecule has 2 aromatic rings. The van der Waals surface area contributed by atoms with E-state index < -0.39 is 0 Å². The molecule has 3 rings (SSSR count). The zero-order chi connectivity index (χ0) is 16.2. The van der Waals surface area contributed by atoms with Crippen molar-refractivity contribution < 1.29 is 4.79 Å². The zero-order valence-corrected chi connectivity index (χ0v) is 13.6. The van der Waals surface area contributed by atoms with Crippen LogP contribution in [0.3, 0.4) is 0 Å². The van der Waals surface area contributed by atoms with Gasteiger partial charge in [-0.1, -0.05) is 19.1 Å². The molecular formula is C17H23N5O. The number of benzene rings is 1. The van der Waals surface area contributed by atoms with Crippen molar-refractivity contribution in [2.24, 2.45) is 11.8 Å². The van der Waals surface area contributed by atoms with Crippen molar-refractivity contribution >= 4 is 11.7 Å². The van der Waals surface area contributed by atoms with Crippen LogP contribution in [0.15, 0.2) is 36.7 Å². The van der Waals surface area contributed by atoms with Crippen LogP contribution in [0.5, 0.6) is 0 Å². The minimum atomic E-state index is -0.00948. The highest BCUT2D eigenvalue weighted by Crippen LogP contribution is 2.24. The number of urea groups is 1. The Hall–Kier alpha value is -2.37. The Morgan fingerprint density at radius 1 is 1.35 bits per heavy atom. The summed E-state index contributed by atoms with van der Waals surface area (Å²) in [5.41, 5.74) is 1.71. The first-order chi connectivity index (χ1) is 11.1. The molecule has 122 valence electrons. The number of aromatic nitrogens is 3. The molecule has 1 aliphatic heterocycles. The van der Waals surface area contributed by atoms with Crippen LogP contribution >= 0.6 is 0 Å². The molecule has 0 aliphatic carbocycles. The minimum Gasteiger partial charge on any atom is -0.324 e. The largest absolute Gasteiger partial charge is 0.324 e. The number of carbonyl (C=O) groups excluding carboxylic acids is 1. The van der Waals surface area contributed by atoms with Crippen LogP contribution in [0, 0.1) is 11.8 Å². The Kier molecular flexibility index (Phi) is 4.60. The van der Waals surface area contributed by atoms with Crippen molar-refractivity contribution in [3.63, 3.8) is 0 Å². The molecule has 1 unspecified atom stereocenters. The SMILES string of the molecule is CC(C)CC1CCN(C(=O)Nc2ccc(-n3ccnn3)cc2)C1. The van der Waals surface area contributed by atoms with Gasteiger partial charge in [-0.2, -0.15) is 0 Å². The number of amides is 2. The van der Waals surface area contributed by atoms with E-state index >= 15 is 0 Å². The van der Waals surface area contributed by atoms with Gasteiger partial charge in [-0.05, 0) is 48.9 Å². The molecule has 1 saturated heterocycles. The van der Waals surface area contributed by atoms with Crippen LogP contribution in [-0.2, 0) is 0 Å². The Labute approximate surface area is 136 Å². The monoisotopic (exact) mass is 313 g/mol. The van der Waals surface area contributed by atoms with Gasteiger partial charge in [0.05, 0.1) is 18.1 Å². The average molecular weight is 313 g/mol. The van der Waals surface area contributed by atoms with E-state index in [0.717, 1.165) is 30.9 Å². The summed E-state index contributed by atoms with van der Waals surface area (Å²) in [6.07, 6.45) is 5.72. The lowest BCUT2D eigenvalue weighted by Gasteiger charge is -2.18. The number of nitrogens with one attached hydrogen (secondary N) is 1. The highest BCUT2D eigenvalue weighted by molar-refractivity contribution is 5.89. The molecule has 1 aromatic carbocycles. The normalized spacial score (nSPS) is 17.7. The molecule has 2 heterocycles. The van der Waals surface area contributed by atoms with Crippen LogP contribution < -0.4 is 5.32 Å². The molecule has 2 amide bonds. The molecule has 0 bridgehead atoms. The van der Waals surface area contributed by atoms with Crippen molar-refractivity contribution in [2.75, 3.05) is 18.4 Å².